The van der Waals surface area contributed by atoms with Gasteiger partial charge in [-0.1, -0.05) is 6.07 Å². The molecule has 0 amide bonds. The topological polar surface area (TPSA) is 26.3 Å². The summed E-state index contributed by atoms with van der Waals surface area (Å²) in [5.74, 6) is 0.707. The van der Waals surface area contributed by atoms with Crippen LogP contribution in [0, 0.1) is 6.07 Å². The van der Waals surface area contributed by atoms with E-state index >= 15 is 0 Å². The van der Waals surface area contributed by atoms with Crippen molar-refractivity contribution in [1.82, 2.24) is 0 Å². The maximum Gasteiger partial charge on any atom is 0.209 e. The fourth-order valence-electron chi connectivity index (χ4n) is 1.33. The Morgan fingerprint density at radius 2 is 2.25 bits per heavy atom. The highest BCUT2D eigenvalue weighted by molar-refractivity contribution is 6.06. The van der Waals surface area contributed by atoms with Crippen LogP contribution in [0.4, 0.5) is 0 Å². The summed E-state index contributed by atoms with van der Waals surface area (Å²) < 4.78 is 5.44. The first-order valence-corrected chi connectivity index (χ1v) is 3.85. The monoisotopic (exact) mass is 161 g/mol. The number of benzene rings is 1. The lowest BCUT2D eigenvalue weighted by Crippen LogP contribution is -2.31. The van der Waals surface area contributed by atoms with E-state index in [1.807, 2.05) is 0 Å². The first kappa shape index (κ1) is 7.35. The molecule has 2 heteroatoms. The molecule has 0 saturated carbocycles. The van der Waals surface area contributed by atoms with Crippen molar-refractivity contribution in [3.63, 3.8) is 0 Å². The fraction of sp³-hybridized carbons (Fsp3) is 0.300. The lowest BCUT2D eigenvalue weighted by molar-refractivity contribution is 0.0684. The highest BCUT2D eigenvalue weighted by Gasteiger charge is 2.39. The van der Waals surface area contributed by atoms with E-state index in [9.17, 15) is 4.79 Å². The predicted molar refractivity (Wildman–Crippen MR) is 44.3 cm³/mol. The number of rotatable bonds is 0. The van der Waals surface area contributed by atoms with Crippen LogP contribution in [0.3, 0.4) is 0 Å². The molecule has 1 aromatic rings. The normalized spacial score (nSPS) is 18.7. The van der Waals surface area contributed by atoms with Crippen molar-refractivity contribution in [3.05, 3.63) is 29.8 Å². The van der Waals surface area contributed by atoms with E-state index in [0.717, 1.165) is 0 Å². The summed E-state index contributed by atoms with van der Waals surface area (Å²) in [7, 11) is 0. The number of Topliss-reactive ketones (excluding diaryl/α,β-unsaturated/α-hetero) is 1. The summed E-state index contributed by atoms with van der Waals surface area (Å²) >= 11 is 0. The Labute approximate surface area is 71.2 Å². The molecule has 2 nitrogen and oxygen atoms in total. The standard InChI is InChI=1S/C10H9O2/c1-10(2)9(11)7-5-3-4-6-8(7)12-10/h4-6H,1-2H3. The van der Waals surface area contributed by atoms with Crippen LogP contribution < -0.4 is 4.74 Å². The molecule has 0 N–H and O–H groups in total. The highest BCUT2D eigenvalue weighted by atomic mass is 16.5. The summed E-state index contributed by atoms with van der Waals surface area (Å²) in [4.78, 5) is 11.6. The van der Waals surface area contributed by atoms with Gasteiger partial charge in [-0.05, 0) is 32.0 Å². The van der Waals surface area contributed by atoms with E-state index < -0.39 is 5.60 Å². The third-order valence-corrected chi connectivity index (χ3v) is 1.98. The Hall–Kier alpha value is -1.31. The second kappa shape index (κ2) is 2.09. The molecule has 0 aliphatic carbocycles. The molecule has 1 aliphatic heterocycles. The zero-order valence-corrected chi connectivity index (χ0v) is 7.05. The number of fused-ring (bicyclic) bond motifs is 1. The Bertz CT molecular complexity index is 339. The highest BCUT2D eigenvalue weighted by Crippen LogP contribution is 2.33. The maximum absolute atomic E-state index is 11.6. The van der Waals surface area contributed by atoms with Crippen molar-refractivity contribution in [2.45, 2.75) is 19.4 Å². The van der Waals surface area contributed by atoms with Gasteiger partial charge in [0.15, 0.2) is 5.60 Å². The molecule has 0 atom stereocenters. The maximum atomic E-state index is 11.6. The minimum absolute atomic E-state index is 0.0364. The predicted octanol–water partition coefficient (Wildman–Crippen LogP) is 1.84. The minimum atomic E-state index is -0.697. The average Bonchev–Trinajstić information content (AvgIpc) is 2.24. The second-order valence-electron chi connectivity index (χ2n) is 3.36. The van der Waals surface area contributed by atoms with Crippen LogP contribution in [0.2, 0.25) is 0 Å². The fourth-order valence-corrected chi connectivity index (χ4v) is 1.33. The van der Waals surface area contributed by atoms with Gasteiger partial charge in [0.1, 0.15) is 5.75 Å². The summed E-state index contributed by atoms with van der Waals surface area (Å²) in [5, 5.41) is 0. The van der Waals surface area contributed by atoms with Gasteiger partial charge in [-0.3, -0.25) is 4.79 Å². The van der Waals surface area contributed by atoms with Gasteiger partial charge in [0, 0.05) is 0 Å². The molecule has 12 heavy (non-hydrogen) atoms. The molecule has 1 aromatic carbocycles. The first-order valence-electron chi connectivity index (χ1n) is 3.85. The third-order valence-electron chi connectivity index (χ3n) is 1.98. The SMILES string of the molecule is CC1(C)Oc2cc[c]cc2C1=O. The lowest BCUT2D eigenvalue weighted by atomic mass is 10.0. The van der Waals surface area contributed by atoms with E-state index in [0.29, 0.717) is 11.3 Å². The molecule has 0 spiro atoms. The summed E-state index contributed by atoms with van der Waals surface area (Å²) in [6.45, 7) is 3.55. The van der Waals surface area contributed by atoms with Crippen LogP contribution in [0.25, 0.3) is 0 Å². The van der Waals surface area contributed by atoms with Crippen molar-refractivity contribution in [2.24, 2.45) is 0 Å². The molecular weight excluding hydrogens is 152 g/mol. The number of ketones is 1. The molecule has 1 heterocycles. The van der Waals surface area contributed by atoms with Crippen molar-refractivity contribution < 1.29 is 9.53 Å². The van der Waals surface area contributed by atoms with Gasteiger partial charge in [-0.2, -0.15) is 0 Å². The minimum Gasteiger partial charge on any atom is -0.479 e. The van der Waals surface area contributed by atoms with Crippen LogP contribution in [0.5, 0.6) is 5.75 Å². The summed E-state index contributed by atoms with van der Waals surface area (Å²) in [6, 6.07) is 8.04. The molecule has 61 valence electrons. The molecule has 0 aromatic heterocycles. The van der Waals surface area contributed by atoms with Gasteiger partial charge < -0.3 is 4.74 Å². The zero-order valence-electron chi connectivity index (χ0n) is 7.05. The van der Waals surface area contributed by atoms with Gasteiger partial charge >= 0.3 is 0 Å². The van der Waals surface area contributed by atoms with Crippen molar-refractivity contribution in [2.75, 3.05) is 0 Å². The van der Waals surface area contributed by atoms with Crippen LogP contribution in [-0.2, 0) is 0 Å². The van der Waals surface area contributed by atoms with Gasteiger partial charge in [0.05, 0.1) is 5.56 Å². The molecular formula is C10H9O2. The first-order chi connectivity index (χ1) is 5.61. The van der Waals surface area contributed by atoms with E-state index in [1.54, 1.807) is 32.0 Å². The molecule has 0 unspecified atom stereocenters. The Balaban J connectivity index is 2.57. The Kier molecular flexibility index (Phi) is 1.28. The average molecular weight is 161 g/mol. The molecule has 2 rings (SSSR count). The van der Waals surface area contributed by atoms with Crippen LogP contribution in [0.1, 0.15) is 24.2 Å². The number of hydrogen-bond acceptors (Lipinski definition) is 2. The van der Waals surface area contributed by atoms with Crippen LogP contribution >= 0.6 is 0 Å². The van der Waals surface area contributed by atoms with E-state index in [-0.39, 0.29) is 5.78 Å². The van der Waals surface area contributed by atoms with E-state index in [1.165, 1.54) is 0 Å². The van der Waals surface area contributed by atoms with Crippen molar-refractivity contribution in [3.8, 4) is 5.75 Å². The number of ether oxygens (including phenoxy) is 1. The number of carbonyl (C=O) groups excluding carboxylic acids is 1. The second-order valence-corrected chi connectivity index (χ2v) is 3.36. The van der Waals surface area contributed by atoms with Gasteiger partial charge in [-0.15, -0.1) is 0 Å². The number of carbonyl (C=O) groups is 1. The third kappa shape index (κ3) is 0.843. The summed E-state index contributed by atoms with van der Waals surface area (Å²) in [6.07, 6.45) is 0. The van der Waals surface area contributed by atoms with Gasteiger partial charge in [0.25, 0.3) is 0 Å². The molecule has 1 radical (unpaired) electrons. The zero-order chi connectivity index (χ0) is 8.77. The Morgan fingerprint density at radius 3 is 2.92 bits per heavy atom. The van der Waals surface area contributed by atoms with Crippen molar-refractivity contribution in [1.29, 1.82) is 0 Å². The smallest absolute Gasteiger partial charge is 0.209 e. The van der Waals surface area contributed by atoms with Crippen molar-refractivity contribution >= 4 is 5.78 Å². The van der Waals surface area contributed by atoms with E-state index in [2.05, 4.69) is 6.07 Å². The van der Waals surface area contributed by atoms with Gasteiger partial charge in [0.2, 0.25) is 5.78 Å². The molecule has 0 saturated heterocycles. The van der Waals surface area contributed by atoms with Crippen LogP contribution in [0.15, 0.2) is 18.2 Å². The van der Waals surface area contributed by atoms with Crippen LogP contribution in [-0.4, -0.2) is 11.4 Å². The molecule has 0 bridgehead atoms. The van der Waals surface area contributed by atoms with E-state index in [4.69, 9.17) is 4.74 Å². The van der Waals surface area contributed by atoms with Gasteiger partial charge in [-0.25, -0.2) is 0 Å². The molecule has 0 fully saturated rings. The Morgan fingerprint density at radius 1 is 1.50 bits per heavy atom. The lowest BCUT2D eigenvalue weighted by Gasteiger charge is -2.14. The number of hydrogen-bond donors (Lipinski definition) is 0. The largest absolute Gasteiger partial charge is 0.479 e. The quantitative estimate of drug-likeness (QED) is 0.580. The summed E-state index contributed by atoms with van der Waals surface area (Å²) in [5.41, 5.74) is -0.0557. The molecule has 1 aliphatic rings.